The molecule has 3 aromatic carbocycles. The zero-order valence-corrected chi connectivity index (χ0v) is 20.3. The van der Waals surface area contributed by atoms with Gasteiger partial charge in [0, 0.05) is 22.2 Å². The first kappa shape index (κ1) is 23.9. The van der Waals surface area contributed by atoms with Gasteiger partial charge < -0.3 is 20.9 Å². The minimum atomic E-state index is -1.09. The first-order valence-corrected chi connectivity index (χ1v) is 11.9. The highest BCUT2D eigenvalue weighted by Crippen LogP contribution is 2.35. The number of aromatic amines is 1. The number of hydrogen-bond donors (Lipinski definition) is 4. The molecule has 0 spiro atoms. The SMILES string of the molecule is Cc1n[nH]c2ccc(-c3cc(OC[C@H](Cc4ccccc4)NC(=O)O)cnc3-c3cccc(N)c3)cc12. The first-order chi connectivity index (χ1) is 18.0. The normalized spacial score (nSPS) is 11.8. The predicted octanol–water partition coefficient (Wildman–Crippen LogP) is 5.44. The van der Waals surface area contributed by atoms with E-state index in [-0.39, 0.29) is 6.61 Å². The molecule has 5 aromatic rings. The number of nitrogens with zero attached hydrogens (tertiary/aromatic N) is 2. The number of fused-ring (bicyclic) bond motifs is 1. The number of H-pyrrole nitrogens is 1. The largest absolute Gasteiger partial charge is 0.490 e. The number of hydrogen-bond acceptors (Lipinski definition) is 5. The van der Waals surface area contributed by atoms with E-state index in [1.54, 1.807) is 6.20 Å². The Morgan fingerprint density at radius 2 is 1.89 bits per heavy atom. The van der Waals surface area contributed by atoms with Crippen molar-refractivity contribution < 1.29 is 14.6 Å². The van der Waals surface area contributed by atoms with E-state index in [9.17, 15) is 9.90 Å². The van der Waals surface area contributed by atoms with Crippen LogP contribution >= 0.6 is 0 Å². The highest BCUT2D eigenvalue weighted by Gasteiger charge is 2.16. The molecule has 0 saturated heterocycles. The highest BCUT2D eigenvalue weighted by molar-refractivity contribution is 5.90. The van der Waals surface area contributed by atoms with E-state index < -0.39 is 12.1 Å². The van der Waals surface area contributed by atoms with Crippen molar-refractivity contribution in [2.24, 2.45) is 0 Å². The molecule has 5 rings (SSSR count). The van der Waals surface area contributed by atoms with Gasteiger partial charge in [-0.2, -0.15) is 5.10 Å². The van der Waals surface area contributed by atoms with E-state index in [2.05, 4.69) is 21.6 Å². The number of nitrogens with two attached hydrogens (primary N) is 1. The summed E-state index contributed by atoms with van der Waals surface area (Å²) in [5.74, 6) is 0.539. The molecule has 1 atom stereocenters. The molecule has 8 nitrogen and oxygen atoms in total. The van der Waals surface area contributed by atoms with E-state index in [0.29, 0.717) is 17.9 Å². The number of pyridine rings is 1. The Morgan fingerprint density at radius 3 is 2.68 bits per heavy atom. The molecule has 5 N–H and O–H groups in total. The second-order valence-corrected chi connectivity index (χ2v) is 8.91. The van der Waals surface area contributed by atoms with Gasteiger partial charge in [-0.1, -0.05) is 48.5 Å². The molecule has 0 bridgehead atoms. The van der Waals surface area contributed by atoms with Crippen LogP contribution in [0.1, 0.15) is 11.3 Å². The minimum absolute atomic E-state index is 0.153. The van der Waals surface area contributed by atoms with E-state index in [1.807, 2.05) is 79.7 Å². The van der Waals surface area contributed by atoms with Crippen LogP contribution in [0.5, 0.6) is 5.75 Å². The molecule has 186 valence electrons. The molecule has 2 aromatic heterocycles. The van der Waals surface area contributed by atoms with Gasteiger partial charge in [-0.3, -0.25) is 10.1 Å². The Balaban J connectivity index is 1.48. The fraction of sp³-hybridized carbons (Fsp3) is 0.138. The number of nitrogen functional groups attached to an aromatic ring is 1. The lowest BCUT2D eigenvalue weighted by atomic mass is 9.97. The molecule has 0 aliphatic heterocycles. The summed E-state index contributed by atoms with van der Waals surface area (Å²) < 4.78 is 6.08. The molecule has 0 unspecified atom stereocenters. The van der Waals surface area contributed by atoms with Crippen LogP contribution in [0.15, 0.2) is 85.1 Å². The summed E-state index contributed by atoms with van der Waals surface area (Å²) in [5.41, 5.74) is 13.1. The predicted molar refractivity (Wildman–Crippen MR) is 144 cm³/mol. The number of benzene rings is 3. The fourth-order valence-electron chi connectivity index (χ4n) is 4.40. The summed E-state index contributed by atoms with van der Waals surface area (Å²) in [6, 6.07) is 24.9. The van der Waals surface area contributed by atoms with Crippen molar-refractivity contribution in [1.82, 2.24) is 20.5 Å². The second kappa shape index (κ2) is 10.4. The Kier molecular flexibility index (Phi) is 6.72. The second-order valence-electron chi connectivity index (χ2n) is 8.91. The molecule has 0 fully saturated rings. The quantitative estimate of drug-likeness (QED) is 0.213. The van der Waals surface area contributed by atoms with Crippen LogP contribution in [0.25, 0.3) is 33.3 Å². The van der Waals surface area contributed by atoms with E-state index >= 15 is 0 Å². The number of anilines is 1. The number of aryl methyl sites for hydroxylation is 1. The Hall–Kier alpha value is -4.85. The van der Waals surface area contributed by atoms with Gasteiger partial charge in [0.25, 0.3) is 0 Å². The highest BCUT2D eigenvalue weighted by atomic mass is 16.5. The standard InChI is InChI=1S/C29H27N5O3/c1-18-25-14-20(10-11-27(25)34-33-18)26-15-24(16-31-28(26)21-8-5-9-22(30)13-21)37-17-23(32-29(35)36)12-19-6-3-2-4-7-19/h2-11,13-16,23,32H,12,17,30H2,1H3,(H,33,34)(H,35,36)/t23-/m0/s1. The molecule has 1 amide bonds. The number of ether oxygens (including phenoxy) is 1. The van der Waals surface area contributed by atoms with E-state index in [1.165, 1.54) is 0 Å². The van der Waals surface area contributed by atoms with Crippen LogP contribution in [0.3, 0.4) is 0 Å². The maximum atomic E-state index is 11.4. The van der Waals surface area contributed by atoms with Crippen LogP contribution in [0, 0.1) is 6.92 Å². The Labute approximate surface area is 214 Å². The number of carboxylic acid groups (broad SMARTS) is 1. The summed E-state index contributed by atoms with van der Waals surface area (Å²) in [7, 11) is 0. The van der Waals surface area contributed by atoms with Crippen LogP contribution in [0.4, 0.5) is 10.5 Å². The zero-order chi connectivity index (χ0) is 25.8. The van der Waals surface area contributed by atoms with Gasteiger partial charge in [-0.05, 0) is 54.8 Å². The van der Waals surface area contributed by atoms with Gasteiger partial charge in [-0.25, -0.2) is 4.79 Å². The van der Waals surface area contributed by atoms with Crippen molar-refractivity contribution in [3.8, 4) is 28.1 Å². The zero-order valence-electron chi connectivity index (χ0n) is 20.3. The summed E-state index contributed by atoms with van der Waals surface area (Å²) in [6.45, 7) is 2.11. The average molecular weight is 494 g/mol. The molecule has 0 saturated carbocycles. The third-order valence-corrected chi connectivity index (χ3v) is 6.19. The van der Waals surface area contributed by atoms with Crippen molar-refractivity contribution in [1.29, 1.82) is 0 Å². The number of aromatic nitrogens is 3. The summed E-state index contributed by atoms with van der Waals surface area (Å²) in [6.07, 6.45) is 1.07. The van der Waals surface area contributed by atoms with Gasteiger partial charge in [0.05, 0.1) is 29.1 Å². The molecular weight excluding hydrogens is 466 g/mol. The van der Waals surface area contributed by atoms with Crippen molar-refractivity contribution >= 4 is 22.7 Å². The molecule has 0 aliphatic rings. The van der Waals surface area contributed by atoms with Crippen LogP contribution in [-0.2, 0) is 6.42 Å². The number of rotatable bonds is 8. The summed E-state index contributed by atoms with van der Waals surface area (Å²) in [4.78, 5) is 16.1. The number of nitrogens with one attached hydrogen (secondary N) is 2. The van der Waals surface area contributed by atoms with Crippen molar-refractivity contribution in [2.75, 3.05) is 12.3 Å². The molecule has 8 heteroatoms. The maximum Gasteiger partial charge on any atom is 0.405 e. The molecule has 37 heavy (non-hydrogen) atoms. The van der Waals surface area contributed by atoms with Gasteiger partial charge in [0.2, 0.25) is 0 Å². The lowest BCUT2D eigenvalue weighted by Crippen LogP contribution is -2.39. The number of amides is 1. The molecule has 0 radical (unpaired) electrons. The van der Waals surface area contributed by atoms with Crippen LogP contribution in [0.2, 0.25) is 0 Å². The fourth-order valence-corrected chi connectivity index (χ4v) is 4.40. The first-order valence-electron chi connectivity index (χ1n) is 11.9. The van der Waals surface area contributed by atoms with Gasteiger partial charge in [-0.15, -0.1) is 0 Å². The van der Waals surface area contributed by atoms with E-state index in [4.69, 9.17) is 15.5 Å². The van der Waals surface area contributed by atoms with Crippen LogP contribution in [-0.4, -0.2) is 39.0 Å². The molecular formula is C29H27N5O3. The maximum absolute atomic E-state index is 11.4. The average Bonchev–Trinajstić information content (AvgIpc) is 3.27. The van der Waals surface area contributed by atoms with Crippen molar-refractivity contribution in [3.05, 3.63) is 96.3 Å². The monoisotopic (exact) mass is 493 g/mol. The van der Waals surface area contributed by atoms with Crippen molar-refractivity contribution in [2.45, 2.75) is 19.4 Å². The van der Waals surface area contributed by atoms with Gasteiger partial charge >= 0.3 is 6.09 Å². The topological polar surface area (TPSA) is 126 Å². The molecule has 0 aliphatic carbocycles. The summed E-state index contributed by atoms with van der Waals surface area (Å²) in [5, 5.41) is 20.3. The van der Waals surface area contributed by atoms with Crippen molar-refractivity contribution in [3.63, 3.8) is 0 Å². The lowest BCUT2D eigenvalue weighted by molar-refractivity contribution is 0.180. The summed E-state index contributed by atoms with van der Waals surface area (Å²) >= 11 is 0. The van der Waals surface area contributed by atoms with Gasteiger partial charge in [0.15, 0.2) is 0 Å². The van der Waals surface area contributed by atoms with E-state index in [0.717, 1.165) is 44.5 Å². The minimum Gasteiger partial charge on any atom is -0.490 e. The lowest BCUT2D eigenvalue weighted by Gasteiger charge is -2.19. The smallest absolute Gasteiger partial charge is 0.405 e. The Bertz CT molecular complexity index is 1550. The van der Waals surface area contributed by atoms with Gasteiger partial charge in [0.1, 0.15) is 12.4 Å². The molecule has 2 heterocycles. The third kappa shape index (κ3) is 5.54. The van der Waals surface area contributed by atoms with Crippen LogP contribution < -0.4 is 15.8 Å². The number of carbonyl (C=O) groups is 1. The third-order valence-electron chi connectivity index (χ3n) is 6.19. The Morgan fingerprint density at radius 1 is 1.05 bits per heavy atom.